The molecule has 138 valence electrons. The number of anilines is 1. The Labute approximate surface area is 157 Å². The monoisotopic (exact) mass is 363 g/mol. The van der Waals surface area contributed by atoms with Crippen LogP contribution in [0.25, 0.3) is 10.9 Å². The number of nitrogens with zero attached hydrogens (tertiary/aromatic N) is 4. The molecule has 0 unspecified atom stereocenters. The molecule has 3 heterocycles. The number of benzene rings is 1. The molecular weight excluding hydrogens is 342 g/mol. The van der Waals surface area contributed by atoms with Gasteiger partial charge in [0.05, 0.1) is 30.2 Å². The third-order valence-corrected chi connectivity index (χ3v) is 4.87. The second-order valence-corrected chi connectivity index (χ2v) is 6.63. The number of aromatic nitrogens is 3. The van der Waals surface area contributed by atoms with Gasteiger partial charge in [0.25, 0.3) is 0 Å². The van der Waals surface area contributed by atoms with E-state index >= 15 is 0 Å². The van der Waals surface area contributed by atoms with Crippen LogP contribution in [-0.2, 0) is 11.3 Å². The van der Waals surface area contributed by atoms with Crippen molar-refractivity contribution in [3.8, 4) is 11.9 Å². The van der Waals surface area contributed by atoms with Gasteiger partial charge in [-0.3, -0.25) is 4.68 Å². The van der Waals surface area contributed by atoms with Gasteiger partial charge in [-0.15, -0.1) is 0 Å². The molecule has 0 aliphatic carbocycles. The topological polar surface area (TPSA) is 99.0 Å². The molecule has 4 rings (SSSR count). The zero-order valence-corrected chi connectivity index (χ0v) is 14.9. The highest BCUT2D eigenvalue weighted by Crippen LogP contribution is 2.34. The summed E-state index contributed by atoms with van der Waals surface area (Å²) in [6, 6.07) is 14.0. The minimum Gasteiger partial charge on any atom is -0.472 e. The number of nitrogen functional groups attached to an aromatic ring is 1. The molecule has 27 heavy (non-hydrogen) atoms. The summed E-state index contributed by atoms with van der Waals surface area (Å²) in [5.74, 6) is 0.627. The molecule has 3 aromatic rings. The van der Waals surface area contributed by atoms with Crippen molar-refractivity contribution < 1.29 is 9.47 Å². The summed E-state index contributed by atoms with van der Waals surface area (Å²) in [5.41, 5.74) is 8.06. The maximum Gasteiger partial charge on any atom is 0.227 e. The van der Waals surface area contributed by atoms with E-state index in [1.54, 1.807) is 10.9 Å². The first kappa shape index (κ1) is 17.3. The lowest BCUT2D eigenvalue weighted by Crippen LogP contribution is -2.22. The summed E-state index contributed by atoms with van der Waals surface area (Å²) in [5, 5.41) is 14.8. The molecule has 0 bridgehead atoms. The van der Waals surface area contributed by atoms with E-state index in [1.165, 1.54) is 0 Å². The second kappa shape index (κ2) is 7.64. The summed E-state index contributed by atoms with van der Waals surface area (Å²) in [7, 11) is 0. The lowest BCUT2D eigenvalue weighted by atomic mass is 9.97. The number of ether oxygens (including phenoxy) is 2. The Hall–Kier alpha value is -3.11. The van der Waals surface area contributed by atoms with Gasteiger partial charge in [0.15, 0.2) is 5.82 Å². The van der Waals surface area contributed by atoms with Crippen molar-refractivity contribution in [1.29, 1.82) is 5.26 Å². The smallest absolute Gasteiger partial charge is 0.227 e. The number of nitrogens with two attached hydrogens (primary N) is 1. The van der Waals surface area contributed by atoms with Crippen molar-refractivity contribution in [3.63, 3.8) is 0 Å². The van der Waals surface area contributed by atoms with Gasteiger partial charge < -0.3 is 15.2 Å². The van der Waals surface area contributed by atoms with Gasteiger partial charge in [-0.2, -0.15) is 10.4 Å². The molecule has 1 aliphatic rings. The van der Waals surface area contributed by atoms with E-state index < -0.39 is 0 Å². The van der Waals surface area contributed by atoms with Gasteiger partial charge >= 0.3 is 0 Å². The minimum absolute atomic E-state index is 0.170. The number of nitriles is 1. The van der Waals surface area contributed by atoms with Crippen molar-refractivity contribution >= 4 is 16.7 Å². The Morgan fingerprint density at radius 3 is 2.96 bits per heavy atom. The molecule has 7 heteroatoms. The van der Waals surface area contributed by atoms with E-state index in [0.717, 1.165) is 23.9 Å². The molecule has 1 aromatic carbocycles. The summed E-state index contributed by atoms with van der Waals surface area (Å²) < 4.78 is 13.4. The number of pyridine rings is 1. The van der Waals surface area contributed by atoms with Crippen LogP contribution in [0, 0.1) is 17.2 Å². The van der Waals surface area contributed by atoms with E-state index in [4.69, 9.17) is 15.2 Å². The van der Waals surface area contributed by atoms with Gasteiger partial charge in [-0.05, 0) is 24.5 Å². The highest BCUT2D eigenvalue weighted by Gasteiger charge is 2.29. The summed E-state index contributed by atoms with van der Waals surface area (Å²) in [4.78, 5) is 4.35. The summed E-state index contributed by atoms with van der Waals surface area (Å²) in [6.07, 6.45) is 3.33. The molecule has 1 saturated heterocycles. The van der Waals surface area contributed by atoms with E-state index in [2.05, 4.69) is 16.2 Å². The van der Waals surface area contributed by atoms with Crippen LogP contribution in [0.15, 0.2) is 42.6 Å². The zero-order valence-electron chi connectivity index (χ0n) is 14.9. The van der Waals surface area contributed by atoms with E-state index in [-0.39, 0.29) is 12.0 Å². The molecule has 1 fully saturated rings. The third-order valence-electron chi connectivity index (χ3n) is 4.87. The van der Waals surface area contributed by atoms with Crippen molar-refractivity contribution in [3.05, 3.63) is 48.2 Å². The normalized spacial score (nSPS) is 20.1. The Bertz CT molecular complexity index is 964. The number of hydrogen-bond acceptors (Lipinski definition) is 6. The van der Waals surface area contributed by atoms with Crippen LogP contribution in [0.1, 0.15) is 24.4 Å². The van der Waals surface area contributed by atoms with Crippen LogP contribution in [0.3, 0.4) is 0 Å². The maximum atomic E-state index is 9.58. The fourth-order valence-corrected chi connectivity index (χ4v) is 3.48. The number of hydrogen-bond donors (Lipinski definition) is 1. The number of fused-ring (bicyclic) bond motifs is 1. The van der Waals surface area contributed by atoms with Crippen LogP contribution in [0.2, 0.25) is 0 Å². The highest BCUT2D eigenvalue weighted by atomic mass is 16.5. The molecule has 2 N–H and O–H groups in total. The van der Waals surface area contributed by atoms with Crippen LogP contribution >= 0.6 is 0 Å². The second-order valence-electron chi connectivity index (χ2n) is 6.63. The largest absolute Gasteiger partial charge is 0.472 e. The average molecular weight is 363 g/mol. The van der Waals surface area contributed by atoms with Crippen LogP contribution < -0.4 is 10.5 Å². The fraction of sp³-hybridized carbons (Fsp3) is 0.350. The Morgan fingerprint density at radius 2 is 2.15 bits per heavy atom. The Balaban J connectivity index is 1.69. The molecular formula is C20H21N5O2. The predicted octanol–water partition coefficient (Wildman–Crippen LogP) is 3.08. The molecule has 1 aliphatic heterocycles. The third kappa shape index (κ3) is 3.44. The van der Waals surface area contributed by atoms with Crippen molar-refractivity contribution in [2.45, 2.75) is 25.5 Å². The molecule has 0 amide bonds. The summed E-state index contributed by atoms with van der Waals surface area (Å²) >= 11 is 0. The van der Waals surface area contributed by atoms with E-state index in [0.29, 0.717) is 36.9 Å². The van der Waals surface area contributed by atoms with Gasteiger partial charge in [0.1, 0.15) is 12.0 Å². The highest BCUT2D eigenvalue weighted by molar-refractivity contribution is 5.93. The van der Waals surface area contributed by atoms with Crippen LogP contribution in [0.5, 0.6) is 5.88 Å². The molecule has 0 spiro atoms. The first-order chi connectivity index (χ1) is 13.3. The zero-order chi connectivity index (χ0) is 18.6. The van der Waals surface area contributed by atoms with Gasteiger partial charge in [-0.1, -0.05) is 30.3 Å². The molecule has 2 atom stereocenters. The van der Waals surface area contributed by atoms with Crippen molar-refractivity contribution in [2.24, 2.45) is 5.92 Å². The van der Waals surface area contributed by atoms with Crippen molar-refractivity contribution in [2.75, 3.05) is 18.9 Å². The quantitative estimate of drug-likeness (QED) is 0.765. The van der Waals surface area contributed by atoms with Gasteiger partial charge in [0, 0.05) is 12.8 Å². The Kier molecular flexibility index (Phi) is 4.90. The first-order valence-corrected chi connectivity index (χ1v) is 9.04. The van der Waals surface area contributed by atoms with Crippen LogP contribution in [0.4, 0.5) is 5.82 Å². The molecule has 2 aromatic heterocycles. The minimum atomic E-state index is -0.179. The van der Waals surface area contributed by atoms with Crippen molar-refractivity contribution in [1.82, 2.24) is 14.8 Å². The predicted molar refractivity (Wildman–Crippen MR) is 101 cm³/mol. The number of rotatable bonds is 4. The molecule has 0 saturated carbocycles. The SMILES string of the molecule is N#C[C@@H]1CCCOC[C@@H]1n1nc(N)c2c(OCc3ccccc3)nccc21. The average Bonchev–Trinajstić information content (AvgIpc) is 2.89. The summed E-state index contributed by atoms with van der Waals surface area (Å²) in [6.45, 7) is 1.50. The molecule has 0 radical (unpaired) electrons. The first-order valence-electron chi connectivity index (χ1n) is 9.04. The van der Waals surface area contributed by atoms with E-state index in [9.17, 15) is 5.26 Å². The standard InChI is InChI=1S/C20H21N5O2/c21-11-15-7-4-10-26-13-17(15)25-16-8-9-23-20(18(16)19(22)24-25)27-12-14-5-2-1-3-6-14/h1-3,5-6,8-9,15,17H,4,7,10,12-13H2,(H2,22,24)/t15-,17-/m0/s1. The Morgan fingerprint density at radius 1 is 1.30 bits per heavy atom. The van der Waals surface area contributed by atoms with Gasteiger partial charge in [0.2, 0.25) is 5.88 Å². The maximum absolute atomic E-state index is 9.58. The lowest BCUT2D eigenvalue weighted by Gasteiger charge is -2.20. The molecule has 7 nitrogen and oxygen atoms in total. The van der Waals surface area contributed by atoms with Gasteiger partial charge in [-0.25, -0.2) is 4.98 Å². The van der Waals surface area contributed by atoms with E-state index in [1.807, 2.05) is 36.4 Å². The van der Waals surface area contributed by atoms with Crippen LogP contribution in [-0.4, -0.2) is 28.0 Å². The lowest BCUT2D eigenvalue weighted by molar-refractivity contribution is 0.110. The fourth-order valence-electron chi connectivity index (χ4n) is 3.48.